The Morgan fingerprint density at radius 3 is 3.12 bits per heavy atom. The highest BCUT2D eigenvalue weighted by Crippen LogP contribution is 2.28. The van der Waals surface area contributed by atoms with Gasteiger partial charge in [-0.05, 0) is 49.4 Å². The van der Waals surface area contributed by atoms with Crippen molar-refractivity contribution in [2.24, 2.45) is 5.92 Å². The van der Waals surface area contributed by atoms with Gasteiger partial charge >= 0.3 is 0 Å². The lowest BCUT2D eigenvalue weighted by atomic mass is 10.2. The van der Waals surface area contributed by atoms with E-state index in [0.29, 0.717) is 0 Å². The van der Waals surface area contributed by atoms with Crippen LogP contribution in [0.1, 0.15) is 18.4 Å². The molecule has 3 rings (SSSR count). The minimum atomic E-state index is 0.816. The maximum absolute atomic E-state index is 5.45. The largest absolute Gasteiger partial charge is 0.323 e. The van der Waals surface area contributed by atoms with E-state index in [1.807, 2.05) is 23.9 Å². The van der Waals surface area contributed by atoms with E-state index in [0.717, 1.165) is 33.7 Å². The third-order valence-corrected chi connectivity index (χ3v) is 3.68. The number of nitrogens with zero attached hydrogens (tertiary/aromatic N) is 2. The topological polar surface area (TPSA) is 29.9 Å². The second-order valence-corrected chi connectivity index (χ2v) is 5.08. The number of pyridine rings is 2. The normalized spacial score (nSPS) is 15.1. The molecule has 0 spiro atoms. The third-order valence-electron chi connectivity index (χ3n) is 3.18. The van der Waals surface area contributed by atoms with Crippen LogP contribution in [0.3, 0.4) is 0 Å². The van der Waals surface area contributed by atoms with Gasteiger partial charge in [0.2, 0.25) is 0 Å². The molecule has 0 amide bonds. The van der Waals surface area contributed by atoms with E-state index in [1.54, 1.807) is 0 Å². The highest BCUT2D eigenvalue weighted by Gasteiger charge is 2.21. The van der Waals surface area contributed by atoms with Crippen LogP contribution in [0.5, 0.6) is 0 Å². The Kier molecular flexibility index (Phi) is 2.59. The highest BCUT2D eigenvalue weighted by molar-refractivity contribution is 7.71. The molecule has 0 aromatic carbocycles. The van der Waals surface area contributed by atoms with Crippen LogP contribution in [-0.2, 0) is 0 Å². The van der Waals surface area contributed by atoms with Gasteiger partial charge in [-0.25, -0.2) is 9.66 Å². The molecule has 1 saturated carbocycles. The molecule has 1 aliphatic carbocycles. The van der Waals surface area contributed by atoms with Gasteiger partial charge in [-0.15, -0.1) is 0 Å². The van der Waals surface area contributed by atoms with Crippen molar-refractivity contribution in [2.45, 2.75) is 19.8 Å². The SMILES string of the molecule is Cc1cc2cccnc2n(NCC2CC2)c1=S. The van der Waals surface area contributed by atoms with Crippen LogP contribution in [0, 0.1) is 17.5 Å². The van der Waals surface area contributed by atoms with E-state index in [9.17, 15) is 0 Å². The van der Waals surface area contributed by atoms with Crippen LogP contribution in [0.15, 0.2) is 24.4 Å². The zero-order valence-corrected chi connectivity index (χ0v) is 10.6. The van der Waals surface area contributed by atoms with Crippen molar-refractivity contribution in [3.8, 4) is 0 Å². The summed E-state index contributed by atoms with van der Waals surface area (Å²) < 4.78 is 2.79. The van der Waals surface area contributed by atoms with Crippen molar-refractivity contribution in [1.82, 2.24) is 9.66 Å². The molecule has 0 bridgehead atoms. The summed E-state index contributed by atoms with van der Waals surface area (Å²) in [6.45, 7) is 3.04. The van der Waals surface area contributed by atoms with Gasteiger partial charge in [0.15, 0.2) is 5.65 Å². The lowest BCUT2D eigenvalue weighted by molar-refractivity contribution is 0.764. The minimum absolute atomic E-state index is 0.816. The fourth-order valence-electron chi connectivity index (χ4n) is 1.97. The first-order valence-corrected chi connectivity index (χ1v) is 6.38. The molecule has 3 nitrogen and oxygen atoms in total. The fourth-order valence-corrected chi connectivity index (χ4v) is 2.18. The summed E-state index contributed by atoms with van der Waals surface area (Å²) in [5.74, 6) is 0.816. The monoisotopic (exact) mass is 245 g/mol. The third kappa shape index (κ3) is 2.05. The van der Waals surface area contributed by atoms with Crippen molar-refractivity contribution < 1.29 is 0 Å². The molecule has 1 fully saturated rings. The predicted octanol–water partition coefficient (Wildman–Crippen LogP) is 3.03. The van der Waals surface area contributed by atoms with E-state index < -0.39 is 0 Å². The van der Waals surface area contributed by atoms with Crippen molar-refractivity contribution in [3.05, 3.63) is 34.6 Å². The van der Waals surface area contributed by atoms with Gasteiger partial charge in [0.25, 0.3) is 0 Å². The summed E-state index contributed by atoms with van der Waals surface area (Å²) in [5, 5.41) is 1.13. The summed E-state index contributed by atoms with van der Waals surface area (Å²) in [6, 6.07) is 6.12. The molecule has 0 saturated heterocycles. The van der Waals surface area contributed by atoms with Gasteiger partial charge in [-0.2, -0.15) is 0 Å². The number of nitrogens with one attached hydrogen (secondary N) is 1. The maximum atomic E-state index is 5.45. The Balaban J connectivity index is 2.11. The smallest absolute Gasteiger partial charge is 0.159 e. The lowest BCUT2D eigenvalue weighted by Gasteiger charge is -2.14. The Morgan fingerprint density at radius 2 is 2.35 bits per heavy atom. The molecule has 2 heterocycles. The Bertz CT molecular complexity index is 614. The summed E-state index contributed by atoms with van der Waals surface area (Å²) in [4.78, 5) is 4.42. The van der Waals surface area contributed by atoms with Gasteiger partial charge in [0.05, 0.1) is 0 Å². The lowest BCUT2D eigenvalue weighted by Crippen LogP contribution is -2.20. The summed E-state index contributed by atoms with van der Waals surface area (Å²) in [5.41, 5.74) is 5.44. The maximum Gasteiger partial charge on any atom is 0.159 e. The molecule has 1 aliphatic rings. The van der Waals surface area contributed by atoms with Gasteiger partial charge < -0.3 is 5.43 Å². The number of hydrogen-bond acceptors (Lipinski definition) is 3. The first kappa shape index (κ1) is 10.7. The standard InChI is InChI=1S/C13H15N3S/c1-9-7-11-3-2-6-14-12(11)16(13(9)17)15-8-10-4-5-10/h2-3,6-7,10,15H,4-5,8H2,1H3. The van der Waals surface area contributed by atoms with Crippen molar-refractivity contribution in [2.75, 3.05) is 12.0 Å². The number of hydrogen-bond donors (Lipinski definition) is 1. The molecule has 17 heavy (non-hydrogen) atoms. The molecule has 2 aromatic heterocycles. The Hall–Kier alpha value is -1.42. The Morgan fingerprint density at radius 1 is 1.53 bits per heavy atom. The van der Waals surface area contributed by atoms with Crippen molar-refractivity contribution in [3.63, 3.8) is 0 Å². The zero-order chi connectivity index (χ0) is 11.8. The average molecular weight is 245 g/mol. The molecular weight excluding hydrogens is 230 g/mol. The van der Waals surface area contributed by atoms with Crippen LogP contribution < -0.4 is 5.43 Å². The molecule has 4 heteroatoms. The molecule has 1 N–H and O–H groups in total. The van der Waals surface area contributed by atoms with E-state index in [4.69, 9.17) is 12.2 Å². The van der Waals surface area contributed by atoms with E-state index in [-0.39, 0.29) is 0 Å². The molecular formula is C13H15N3S. The van der Waals surface area contributed by atoms with Crippen molar-refractivity contribution in [1.29, 1.82) is 0 Å². The van der Waals surface area contributed by atoms with Gasteiger partial charge in [0, 0.05) is 18.1 Å². The molecule has 0 aliphatic heterocycles. The van der Waals surface area contributed by atoms with Crippen LogP contribution >= 0.6 is 12.2 Å². The second-order valence-electron chi connectivity index (χ2n) is 4.69. The second kappa shape index (κ2) is 4.11. The summed E-state index contributed by atoms with van der Waals surface area (Å²) in [7, 11) is 0. The van der Waals surface area contributed by atoms with Gasteiger partial charge in [0.1, 0.15) is 4.64 Å². The number of aromatic nitrogens is 2. The first-order chi connectivity index (χ1) is 8.25. The van der Waals surface area contributed by atoms with Crippen molar-refractivity contribution >= 4 is 23.3 Å². The van der Waals surface area contributed by atoms with Crippen LogP contribution in [-0.4, -0.2) is 16.2 Å². The van der Waals surface area contributed by atoms with E-state index >= 15 is 0 Å². The summed E-state index contributed by atoms with van der Waals surface area (Å²) >= 11 is 5.45. The quantitative estimate of drug-likeness (QED) is 0.843. The fraction of sp³-hybridized carbons (Fsp3) is 0.385. The van der Waals surface area contributed by atoms with E-state index in [1.165, 1.54) is 12.8 Å². The van der Waals surface area contributed by atoms with Crippen LogP contribution in [0.25, 0.3) is 11.0 Å². The predicted molar refractivity (Wildman–Crippen MR) is 72.3 cm³/mol. The van der Waals surface area contributed by atoms with Crippen LogP contribution in [0.2, 0.25) is 0 Å². The van der Waals surface area contributed by atoms with Gasteiger partial charge in [-0.3, -0.25) is 0 Å². The summed E-state index contributed by atoms with van der Waals surface area (Å²) in [6.07, 6.45) is 4.47. The zero-order valence-electron chi connectivity index (χ0n) is 9.81. The number of rotatable bonds is 3. The van der Waals surface area contributed by atoms with Gasteiger partial charge in [-0.1, -0.05) is 12.2 Å². The molecule has 0 unspecified atom stereocenters. The highest BCUT2D eigenvalue weighted by atomic mass is 32.1. The minimum Gasteiger partial charge on any atom is -0.323 e. The molecule has 88 valence electrons. The van der Waals surface area contributed by atoms with Crippen LogP contribution in [0.4, 0.5) is 0 Å². The first-order valence-electron chi connectivity index (χ1n) is 5.97. The number of fused-ring (bicyclic) bond motifs is 1. The molecule has 0 atom stereocenters. The Labute approximate surface area is 105 Å². The average Bonchev–Trinajstić information content (AvgIpc) is 3.14. The molecule has 2 aromatic rings. The number of aryl methyl sites for hydroxylation is 1. The molecule has 0 radical (unpaired) electrons. The van der Waals surface area contributed by atoms with E-state index in [2.05, 4.69) is 22.5 Å².